The lowest BCUT2D eigenvalue weighted by Crippen LogP contribution is -2.55. The van der Waals surface area contributed by atoms with Crippen LogP contribution in [0.1, 0.15) is 6.92 Å². The third kappa shape index (κ3) is 6.10. The minimum atomic E-state index is -5.83. The topological polar surface area (TPSA) is 242 Å². The molecular weight excluding hydrogens is 508 g/mol. The first kappa shape index (κ1) is 27.2. The molecule has 16 nitrogen and oxygen atoms in total. The van der Waals surface area contributed by atoms with Crippen LogP contribution in [0.25, 0.3) is 0 Å². The summed E-state index contributed by atoms with van der Waals surface area (Å²) in [7, 11) is -17.1. The van der Waals surface area contributed by atoms with Gasteiger partial charge in [0.2, 0.25) is 0 Å². The van der Waals surface area contributed by atoms with Crippen molar-refractivity contribution in [3.63, 3.8) is 0 Å². The van der Waals surface area contributed by atoms with Crippen LogP contribution in [-0.4, -0.2) is 77.4 Å². The predicted molar refractivity (Wildman–Crippen MR) is 98.3 cm³/mol. The second-order valence-corrected chi connectivity index (χ2v) is 11.2. The lowest BCUT2D eigenvalue weighted by Gasteiger charge is -2.37. The first-order valence-electron chi connectivity index (χ1n) is 8.23. The van der Waals surface area contributed by atoms with Gasteiger partial charge in [0, 0.05) is 12.3 Å². The molecule has 184 valence electrons. The Bertz CT molecular complexity index is 951. The summed E-state index contributed by atoms with van der Waals surface area (Å²) in [4.78, 5) is 48.1. The predicted octanol–water partition coefficient (Wildman–Crippen LogP) is -1.08. The van der Waals surface area contributed by atoms with E-state index in [9.17, 15) is 38.0 Å². The van der Waals surface area contributed by atoms with Crippen molar-refractivity contribution < 1.29 is 70.5 Å². The number of carbonyl (C=O) groups excluding carboxylic acids is 1. The third-order valence-electron chi connectivity index (χ3n) is 4.23. The van der Waals surface area contributed by atoms with Crippen LogP contribution in [0, 0.1) is 0 Å². The van der Waals surface area contributed by atoms with Crippen LogP contribution in [0.15, 0.2) is 24.7 Å². The Morgan fingerprint density at radius 1 is 1.25 bits per heavy atom. The molecule has 2 heterocycles. The second-order valence-electron chi connectivity index (χ2n) is 6.82. The van der Waals surface area contributed by atoms with E-state index in [0.29, 0.717) is 0 Å². The van der Waals surface area contributed by atoms with Gasteiger partial charge in [-0.2, -0.15) is 8.62 Å². The van der Waals surface area contributed by atoms with Crippen LogP contribution >= 0.6 is 23.5 Å². The van der Waals surface area contributed by atoms with Gasteiger partial charge in [0.05, 0.1) is 6.61 Å². The number of nitrogens with one attached hydrogen (secondary N) is 1. The van der Waals surface area contributed by atoms with E-state index in [1.807, 2.05) is 0 Å². The molecule has 0 aliphatic carbocycles. The number of carbonyl (C=O) groups is 1. The molecule has 20 heteroatoms. The Labute approximate surface area is 179 Å². The zero-order valence-electron chi connectivity index (χ0n) is 16.0. The number of aliphatic hydroxyl groups excluding tert-OH is 1. The lowest BCUT2D eigenvalue weighted by atomic mass is 9.88. The van der Waals surface area contributed by atoms with Crippen LogP contribution in [0.3, 0.4) is 0 Å². The van der Waals surface area contributed by atoms with Crippen LogP contribution < -0.4 is 5.32 Å². The van der Waals surface area contributed by atoms with Crippen molar-refractivity contribution in [2.75, 3.05) is 13.3 Å². The highest BCUT2D eigenvalue weighted by Crippen LogP contribution is 2.66. The van der Waals surface area contributed by atoms with Gasteiger partial charge >= 0.3 is 23.5 Å². The van der Waals surface area contributed by atoms with Gasteiger partial charge in [-0.05, 0) is 6.92 Å². The number of amides is 1. The van der Waals surface area contributed by atoms with Crippen molar-refractivity contribution in [3.8, 4) is 0 Å². The molecule has 7 N–H and O–H groups in total. The number of phosphoric ester groups is 1. The standard InChI is InChI=1S/C12H20FN2O14P3/c1-7-14-8(16)3-4-15(7)10-11(2,18)9(17)12(5-13,27-10)6-26-31(22,23)29-32(24,25)28-30(19,20)21/h3-4,9-10,17-18H,1,5-6H2,2H3,(H,14,16)(H,22,23)(H,24,25)(H2,19,20,21)/t9-,10+,11+,12+/m0/s1. The Kier molecular flexibility index (Phi) is 7.62. The normalized spacial score (nSPS) is 34.8. The number of alkyl halides is 1. The second kappa shape index (κ2) is 8.96. The minimum Gasteiger partial charge on any atom is -0.387 e. The number of phosphoric acid groups is 3. The zero-order chi connectivity index (χ0) is 24.8. The molecule has 0 aromatic rings. The molecule has 0 aromatic carbocycles. The molecule has 2 aliphatic heterocycles. The average Bonchev–Trinajstić information content (AvgIpc) is 2.78. The maximum absolute atomic E-state index is 13.9. The van der Waals surface area contributed by atoms with Crippen LogP contribution in [0.5, 0.6) is 0 Å². The molecule has 2 unspecified atom stereocenters. The van der Waals surface area contributed by atoms with Crippen molar-refractivity contribution in [2.45, 2.75) is 30.5 Å². The number of rotatable bonds is 9. The summed E-state index contributed by atoms with van der Waals surface area (Å²) in [6, 6.07) is 0. The van der Waals surface area contributed by atoms with E-state index >= 15 is 0 Å². The Hall–Kier alpha value is -1.03. The number of hydrogen-bond acceptors (Lipinski definition) is 11. The average molecular weight is 528 g/mol. The van der Waals surface area contributed by atoms with Gasteiger partial charge in [-0.15, -0.1) is 0 Å². The highest BCUT2D eigenvalue weighted by Gasteiger charge is 2.64. The summed E-state index contributed by atoms with van der Waals surface area (Å²) in [6.07, 6.45) is -1.65. The van der Waals surface area contributed by atoms with Crippen LogP contribution in [0.2, 0.25) is 0 Å². The van der Waals surface area contributed by atoms with E-state index in [2.05, 4.69) is 25.0 Å². The Balaban J connectivity index is 2.22. The van der Waals surface area contributed by atoms with E-state index in [-0.39, 0.29) is 5.82 Å². The maximum atomic E-state index is 13.9. The Morgan fingerprint density at radius 2 is 1.84 bits per heavy atom. The summed E-state index contributed by atoms with van der Waals surface area (Å²) in [5.41, 5.74) is -4.84. The molecule has 1 saturated heterocycles. The third-order valence-corrected chi connectivity index (χ3v) is 8.01. The van der Waals surface area contributed by atoms with E-state index in [0.717, 1.165) is 24.1 Å². The van der Waals surface area contributed by atoms with Gasteiger partial charge < -0.3 is 44.7 Å². The molecule has 32 heavy (non-hydrogen) atoms. The highest BCUT2D eigenvalue weighted by atomic mass is 31.3. The summed E-state index contributed by atoms with van der Waals surface area (Å²) in [5, 5.41) is 23.4. The van der Waals surface area contributed by atoms with Crippen molar-refractivity contribution in [3.05, 3.63) is 24.7 Å². The quantitative estimate of drug-likeness (QED) is 0.176. The molecular formula is C12H20FN2O14P3. The summed E-state index contributed by atoms with van der Waals surface area (Å²) >= 11 is 0. The molecule has 0 saturated carbocycles. The molecule has 0 radical (unpaired) electrons. The molecule has 2 aliphatic rings. The van der Waals surface area contributed by atoms with Gasteiger partial charge in [-0.25, -0.2) is 18.1 Å². The largest absolute Gasteiger partial charge is 0.490 e. The van der Waals surface area contributed by atoms with E-state index < -0.39 is 66.2 Å². The number of ether oxygens (including phenoxy) is 1. The number of nitrogens with zero attached hydrogens (tertiary/aromatic N) is 1. The van der Waals surface area contributed by atoms with Gasteiger partial charge in [0.15, 0.2) is 11.8 Å². The number of aliphatic hydroxyl groups is 2. The number of hydrogen-bond donors (Lipinski definition) is 7. The van der Waals surface area contributed by atoms with Crippen LogP contribution in [0.4, 0.5) is 4.39 Å². The summed E-state index contributed by atoms with van der Waals surface area (Å²) in [6.45, 7) is 1.53. The number of halogens is 1. The molecule has 0 spiro atoms. The summed E-state index contributed by atoms with van der Waals surface area (Å²) in [5.74, 6) is -0.702. The smallest absolute Gasteiger partial charge is 0.387 e. The monoisotopic (exact) mass is 528 g/mol. The van der Waals surface area contributed by atoms with E-state index in [4.69, 9.17) is 19.4 Å². The van der Waals surface area contributed by atoms with Gasteiger partial charge in [0.25, 0.3) is 5.91 Å². The molecule has 1 fully saturated rings. The summed E-state index contributed by atoms with van der Waals surface area (Å²) < 4.78 is 64.7. The Morgan fingerprint density at radius 3 is 2.34 bits per heavy atom. The first-order valence-corrected chi connectivity index (χ1v) is 12.8. The van der Waals surface area contributed by atoms with Crippen molar-refractivity contribution in [1.29, 1.82) is 0 Å². The molecule has 6 atom stereocenters. The van der Waals surface area contributed by atoms with Crippen molar-refractivity contribution in [1.82, 2.24) is 10.2 Å². The SMILES string of the molecule is C=C1NC(=O)C=CN1[C@@H]1O[C@](CF)(COP(=O)(O)OP(=O)(O)OP(=O)(O)O)[C@@H](O)[C@@]1(C)O. The van der Waals surface area contributed by atoms with Gasteiger partial charge in [-0.1, -0.05) is 6.58 Å². The van der Waals surface area contributed by atoms with Crippen molar-refractivity contribution in [2.24, 2.45) is 0 Å². The lowest BCUT2D eigenvalue weighted by molar-refractivity contribution is -0.147. The maximum Gasteiger partial charge on any atom is 0.490 e. The fraction of sp³-hybridized carbons (Fsp3) is 0.583. The van der Waals surface area contributed by atoms with Crippen molar-refractivity contribution >= 4 is 29.4 Å². The fourth-order valence-electron chi connectivity index (χ4n) is 2.87. The van der Waals surface area contributed by atoms with E-state index in [1.54, 1.807) is 0 Å². The molecule has 1 amide bonds. The van der Waals surface area contributed by atoms with E-state index in [1.165, 1.54) is 0 Å². The van der Waals surface area contributed by atoms with Crippen LogP contribution in [-0.2, 0) is 36.4 Å². The molecule has 0 aromatic heterocycles. The van der Waals surface area contributed by atoms with Gasteiger partial charge in [-0.3, -0.25) is 9.32 Å². The van der Waals surface area contributed by atoms with Gasteiger partial charge in [0.1, 0.15) is 24.2 Å². The first-order chi connectivity index (χ1) is 14.3. The minimum absolute atomic E-state index is 0.127. The highest BCUT2D eigenvalue weighted by molar-refractivity contribution is 7.66. The zero-order valence-corrected chi connectivity index (χ0v) is 18.7. The molecule has 0 bridgehead atoms. The molecule has 2 rings (SSSR count). The fourth-order valence-corrected chi connectivity index (χ4v) is 5.94.